The second-order valence-electron chi connectivity index (χ2n) is 7.56. The Bertz CT molecular complexity index is 1250. The minimum absolute atomic E-state index is 0.0234. The number of nitrogens with zero attached hydrogens (tertiary/aromatic N) is 3. The molecule has 0 unspecified atom stereocenters. The predicted molar refractivity (Wildman–Crippen MR) is 114 cm³/mol. The molecule has 1 aliphatic heterocycles. The summed E-state index contributed by atoms with van der Waals surface area (Å²) in [6.45, 7) is 4.04. The van der Waals surface area contributed by atoms with Crippen LogP contribution in [0.1, 0.15) is 43.5 Å². The van der Waals surface area contributed by atoms with Gasteiger partial charge in [-0.15, -0.1) is 0 Å². The first kappa shape index (κ1) is 21.0. The van der Waals surface area contributed by atoms with E-state index >= 15 is 0 Å². The number of fused-ring (bicyclic) bond motifs is 1. The number of carbonyl (C=O) groups is 1. The number of ether oxygens (including phenoxy) is 1. The van der Waals surface area contributed by atoms with Gasteiger partial charge in [0.1, 0.15) is 11.4 Å². The first-order valence-corrected chi connectivity index (χ1v) is 11.7. The van der Waals surface area contributed by atoms with Crippen molar-refractivity contribution in [1.82, 2.24) is 15.1 Å². The number of sulfonamides is 1. The van der Waals surface area contributed by atoms with E-state index in [0.29, 0.717) is 34.5 Å². The Morgan fingerprint density at radius 3 is 2.61 bits per heavy atom. The van der Waals surface area contributed by atoms with E-state index in [1.165, 1.54) is 12.4 Å². The SMILES string of the molecule is CCC1(CC)CC(=O)c2cc(-c3nc(-c4cncc(NS(C)(=O)=O)c4)no3)ccc2O1. The lowest BCUT2D eigenvalue weighted by molar-refractivity contribution is 0.0350. The normalized spacial score (nSPS) is 15.3. The van der Waals surface area contributed by atoms with E-state index in [0.717, 1.165) is 19.1 Å². The second kappa shape index (κ2) is 7.77. The Kier molecular flexibility index (Phi) is 5.26. The minimum atomic E-state index is -3.44. The Labute approximate surface area is 179 Å². The van der Waals surface area contributed by atoms with E-state index < -0.39 is 15.6 Å². The minimum Gasteiger partial charge on any atom is -0.486 e. The first-order valence-electron chi connectivity index (χ1n) is 9.85. The topological polar surface area (TPSA) is 124 Å². The quantitative estimate of drug-likeness (QED) is 0.613. The van der Waals surface area contributed by atoms with E-state index in [2.05, 4.69) is 19.8 Å². The Balaban J connectivity index is 1.63. The van der Waals surface area contributed by atoms with Crippen LogP contribution in [0.2, 0.25) is 0 Å². The van der Waals surface area contributed by atoms with Gasteiger partial charge in [0.05, 0.1) is 30.1 Å². The fourth-order valence-corrected chi connectivity index (χ4v) is 4.10. The third-order valence-electron chi connectivity index (χ3n) is 5.35. The fraction of sp³-hybridized carbons (Fsp3) is 0.333. The molecule has 0 saturated carbocycles. The number of anilines is 1. The smallest absolute Gasteiger partial charge is 0.258 e. The van der Waals surface area contributed by atoms with Gasteiger partial charge in [-0.3, -0.25) is 14.5 Å². The van der Waals surface area contributed by atoms with Gasteiger partial charge < -0.3 is 9.26 Å². The van der Waals surface area contributed by atoms with Crippen molar-refractivity contribution in [3.63, 3.8) is 0 Å². The summed E-state index contributed by atoms with van der Waals surface area (Å²) in [5, 5.41) is 3.96. The molecular weight excluding hydrogens is 420 g/mol. The van der Waals surface area contributed by atoms with Crippen molar-refractivity contribution in [2.75, 3.05) is 11.0 Å². The molecule has 1 aliphatic rings. The molecular formula is C21H22N4O5S. The van der Waals surface area contributed by atoms with Crippen molar-refractivity contribution in [2.45, 2.75) is 38.7 Å². The van der Waals surface area contributed by atoms with Crippen molar-refractivity contribution < 1.29 is 22.5 Å². The number of pyridine rings is 1. The molecule has 10 heteroatoms. The Hall–Kier alpha value is -3.27. The Morgan fingerprint density at radius 1 is 1.13 bits per heavy atom. The molecule has 1 aromatic carbocycles. The van der Waals surface area contributed by atoms with Crippen LogP contribution in [-0.2, 0) is 10.0 Å². The zero-order chi connectivity index (χ0) is 22.2. The molecule has 0 amide bonds. The summed E-state index contributed by atoms with van der Waals surface area (Å²) >= 11 is 0. The van der Waals surface area contributed by atoms with Gasteiger partial charge in [-0.2, -0.15) is 4.98 Å². The van der Waals surface area contributed by atoms with Gasteiger partial charge in [-0.1, -0.05) is 19.0 Å². The molecule has 0 saturated heterocycles. The zero-order valence-electron chi connectivity index (χ0n) is 17.4. The van der Waals surface area contributed by atoms with Crippen molar-refractivity contribution in [2.24, 2.45) is 0 Å². The lowest BCUT2D eigenvalue weighted by Crippen LogP contribution is -2.40. The maximum Gasteiger partial charge on any atom is 0.258 e. The summed E-state index contributed by atoms with van der Waals surface area (Å²) < 4.78 is 36.8. The highest BCUT2D eigenvalue weighted by Crippen LogP contribution is 2.39. The molecule has 31 heavy (non-hydrogen) atoms. The molecule has 0 bridgehead atoms. The highest BCUT2D eigenvalue weighted by molar-refractivity contribution is 7.92. The summed E-state index contributed by atoms with van der Waals surface area (Å²) in [6.07, 6.45) is 5.78. The van der Waals surface area contributed by atoms with Crippen molar-refractivity contribution in [3.05, 3.63) is 42.2 Å². The second-order valence-corrected chi connectivity index (χ2v) is 9.31. The number of hydrogen-bond acceptors (Lipinski definition) is 8. The molecule has 0 fully saturated rings. The predicted octanol–water partition coefficient (Wildman–Crippen LogP) is 3.69. The van der Waals surface area contributed by atoms with Gasteiger partial charge in [-0.05, 0) is 37.1 Å². The van der Waals surface area contributed by atoms with Crippen molar-refractivity contribution in [1.29, 1.82) is 0 Å². The van der Waals surface area contributed by atoms with E-state index in [9.17, 15) is 13.2 Å². The van der Waals surface area contributed by atoms with Crippen LogP contribution in [0.25, 0.3) is 22.8 Å². The van der Waals surface area contributed by atoms with Crippen LogP contribution in [0.15, 0.2) is 41.2 Å². The molecule has 3 aromatic rings. The van der Waals surface area contributed by atoms with Gasteiger partial charge in [0, 0.05) is 17.3 Å². The number of ketones is 1. The molecule has 0 atom stereocenters. The largest absolute Gasteiger partial charge is 0.486 e. The fourth-order valence-electron chi connectivity index (χ4n) is 3.56. The van der Waals surface area contributed by atoms with Gasteiger partial charge >= 0.3 is 0 Å². The average molecular weight is 442 g/mol. The summed E-state index contributed by atoms with van der Waals surface area (Å²) in [4.78, 5) is 21.2. The van der Waals surface area contributed by atoms with E-state index in [1.54, 1.807) is 24.3 Å². The number of carbonyl (C=O) groups excluding carboxylic acids is 1. The molecule has 0 radical (unpaired) electrons. The zero-order valence-corrected chi connectivity index (χ0v) is 18.2. The average Bonchev–Trinajstić information content (AvgIpc) is 3.23. The van der Waals surface area contributed by atoms with Crippen LogP contribution in [0, 0.1) is 0 Å². The number of aromatic nitrogens is 3. The van der Waals surface area contributed by atoms with E-state index in [1.807, 2.05) is 13.8 Å². The molecule has 2 aromatic heterocycles. The third kappa shape index (κ3) is 4.29. The monoisotopic (exact) mass is 442 g/mol. The Morgan fingerprint density at radius 2 is 1.90 bits per heavy atom. The standard InChI is InChI=1S/C21H22N4O5S/c1-4-21(5-2)10-17(26)16-9-13(6-7-18(16)29-21)20-23-19(24-30-20)14-8-15(12-22-11-14)25-31(3,27)28/h6-9,11-12,25H,4-5,10H2,1-3H3. The van der Waals surface area contributed by atoms with Crippen molar-refractivity contribution in [3.8, 4) is 28.6 Å². The summed E-state index contributed by atoms with van der Waals surface area (Å²) in [5.74, 6) is 1.06. The van der Waals surface area contributed by atoms with Crippen LogP contribution in [0.5, 0.6) is 5.75 Å². The molecule has 3 heterocycles. The molecule has 9 nitrogen and oxygen atoms in total. The van der Waals surface area contributed by atoms with Gasteiger partial charge in [0.15, 0.2) is 5.78 Å². The van der Waals surface area contributed by atoms with Crippen LogP contribution in [-0.4, -0.2) is 41.2 Å². The van der Waals surface area contributed by atoms with Gasteiger partial charge in [-0.25, -0.2) is 8.42 Å². The molecule has 4 rings (SSSR count). The highest BCUT2D eigenvalue weighted by Gasteiger charge is 2.37. The molecule has 1 N–H and O–H groups in total. The highest BCUT2D eigenvalue weighted by atomic mass is 32.2. The lowest BCUT2D eigenvalue weighted by Gasteiger charge is -2.36. The maximum absolute atomic E-state index is 12.8. The van der Waals surface area contributed by atoms with Crippen LogP contribution in [0.3, 0.4) is 0 Å². The molecule has 0 aliphatic carbocycles. The van der Waals surface area contributed by atoms with Gasteiger partial charge in [0.25, 0.3) is 5.89 Å². The third-order valence-corrected chi connectivity index (χ3v) is 5.96. The van der Waals surface area contributed by atoms with Crippen LogP contribution >= 0.6 is 0 Å². The van der Waals surface area contributed by atoms with Crippen molar-refractivity contribution >= 4 is 21.5 Å². The number of benzene rings is 1. The molecule has 0 spiro atoms. The molecule has 162 valence electrons. The summed E-state index contributed by atoms with van der Waals surface area (Å²) in [6, 6.07) is 6.78. The number of nitrogens with one attached hydrogen (secondary N) is 1. The lowest BCUT2D eigenvalue weighted by atomic mass is 9.85. The van der Waals surface area contributed by atoms with Gasteiger partial charge in [0.2, 0.25) is 15.8 Å². The van der Waals surface area contributed by atoms with E-state index in [4.69, 9.17) is 9.26 Å². The van der Waals surface area contributed by atoms with Crippen LogP contribution < -0.4 is 9.46 Å². The first-order chi connectivity index (χ1) is 14.7. The number of hydrogen-bond donors (Lipinski definition) is 1. The number of rotatable bonds is 6. The van der Waals surface area contributed by atoms with Crippen LogP contribution in [0.4, 0.5) is 5.69 Å². The summed E-state index contributed by atoms with van der Waals surface area (Å²) in [7, 11) is -3.44. The summed E-state index contributed by atoms with van der Waals surface area (Å²) in [5.41, 5.74) is 1.40. The van der Waals surface area contributed by atoms with E-state index in [-0.39, 0.29) is 17.5 Å². The number of Topliss-reactive ketones (excluding diaryl/α,β-unsaturated/α-hetero) is 1. The maximum atomic E-state index is 12.8.